The molecule has 0 saturated heterocycles. The monoisotopic (exact) mass is 395 g/mol. The molecule has 0 bridgehead atoms. The summed E-state index contributed by atoms with van der Waals surface area (Å²) in [6.07, 6.45) is 7.23. The predicted molar refractivity (Wildman–Crippen MR) is 111 cm³/mol. The van der Waals surface area contributed by atoms with Crippen LogP contribution in [0.3, 0.4) is 0 Å². The number of hydrogen-bond donors (Lipinski definition) is 2. The van der Waals surface area contributed by atoms with Crippen molar-refractivity contribution in [3.8, 4) is 5.75 Å². The SMILES string of the molecule is COc1ccccc1CCNC(=O)C1CCC(C(=O)NCc2cccnc2)CC1. The van der Waals surface area contributed by atoms with Gasteiger partial charge in [-0.2, -0.15) is 0 Å². The summed E-state index contributed by atoms with van der Waals surface area (Å²) in [6.45, 7) is 1.08. The second kappa shape index (κ2) is 10.6. The number of pyridine rings is 1. The van der Waals surface area contributed by atoms with Gasteiger partial charge in [0.05, 0.1) is 7.11 Å². The van der Waals surface area contributed by atoms with Crippen molar-refractivity contribution < 1.29 is 14.3 Å². The molecule has 0 spiro atoms. The van der Waals surface area contributed by atoms with Crippen LogP contribution >= 0.6 is 0 Å². The minimum atomic E-state index is -0.00991. The summed E-state index contributed by atoms with van der Waals surface area (Å²) in [7, 11) is 1.66. The maximum absolute atomic E-state index is 12.5. The highest BCUT2D eigenvalue weighted by atomic mass is 16.5. The molecule has 0 atom stereocenters. The van der Waals surface area contributed by atoms with Crippen LogP contribution in [-0.2, 0) is 22.6 Å². The molecule has 1 aliphatic rings. The van der Waals surface area contributed by atoms with Gasteiger partial charge in [0, 0.05) is 37.3 Å². The number of nitrogens with one attached hydrogen (secondary N) is 2. The number of carbonyl (C=O) groups excluding carboxylic acids is 2. The molecule has 1 aliphatic carbocycles. The summed E-state index contributed by atoms with van der Waals surface area (Å²) in [4.78, 5) is 28.9. The van der Waals surface area contributed by atoms with Gasteiger partial charge in [0.1, 0.15) is 5.75 Å². The van der Waals surface area contributed by atoms with Crippen molar-refractivity contribution in [3.05, 3.63) is 59.9 Å². The van der Waals surface area contributed by atoms with E-state index in [0.717, 1.165) is 49.0 Å². The second-order valence-electron chi connectivity index (χ2n) is 7.48. The zero-order chi connectivity index (χ0) is 20.5. The Kier molecular flexibility index (Phi) is 7.61. The minimum absolute atomic E-state index is 0.00459. The highest BCUT2D eigenvalue weighted by Gasteiger charge is 2.29. The molecule has 3 rings (SSSR count). The number of benzene rings is 1. The molecule has 0 radical (unpaired) electrons. The van der Waals surface area contributed by atoms with Crippen LogP contribution in [0.15, 0.2) is 48.8 Å². The summed E-state index contributed by atoms with van der Waals surface area (Å²) >= 11 is 0. The molecule has 154 valence electrons. The Morgan fingerprint density at radius 1 is 1.00 bits per heavy atom. The van der Waals surface area contributed by atoms with E-state index in [0.29, 0.717) is 13.1 Å². The van der Waals surface area contributed by atoms with Gasteiger partial charge in [-0.1, -0.05) is 24.3 Å². The first kappa shape index (κ1) is 20.8. The lowest BCUT2D eigenvalue weighted by Gasteiger charge is -2.27. The first-order valence-electron chi connectivity index (χ1n) is 10.2. The Morgan fingerprint density at radius 2 is 1.69 bits per heavy atom. The molecule has 1 aromatic heterocycles. The molecule has 0 unspecified atom stereocenters. The molecule has 6 nitrogen and oxygen atoms in total. The molecule has 29 heavy (non-hydrogen) atoms. The van der Waals surface area contributed by atoms with E-state index in [1.54, 1.807) is 19.5 Å². The van der Waals surface area contributed by atoms with Crippen molar-refractivity contribution in [3.63, 3.8) is 0 Å². The van der Waals surface area contributed by atoms with Crippen LogP contribution in [0.5, 0.6) is 5.75 Å². The molecule has 1 heterocycles. The largest absolute Gasteiger partial charge is 0.496 e. The lowest BCUT2D eigenvalue weighted by atomic mass is 9.81. The first-order chi connectivity index (χ1) is 14.2. The highest BCUT2D eigenvalue weighted by molar-refractivity contribution is 5.81. The van der Waals surface area contributed by atoms with Gasteiger partial charge in [0.25, 0.3) is 0 Å². The fourth-order valence-electron chi connectivity index (χ4n) is 3.83. The fraction of sp³-hybridized carbons (Fsp3) is 0.435. The Balaban J connectivity index is 1.37. The van der Waals surface area contributed by atoms with Crippen LogP contribution in [0.2, 0.25) is 0 Å². The van der Waals surface area contributed by atoms with E-state index in [1.165, 1.54) is 0 Å². The third-order valence-corrected chi connectivity index (χ3v) is 5.54. The van der Waals surface area contributed by atoms with Crippen molar-refractivity contribution in [1.29, 1.82) is 0 Å². The molecular weight excluding hydrogens is 366 g/mol. The van der Waals surface area contributed by atoms with E-state index >= 15 is 0 Å². The van der Waals surface area contributed by atoms with Gasteiger partial charge in [-0.15, -0.1) is 0 Å². The summed E-state index contributed by atoms with van der Waals surface area (Å²) in [5, 5.41) is 6.03. The number of methoxy groups -OCH3 is 1. The smallest absolute Gasteiger partial charge is 0.223 e. The number of rotatable bonds is 8. The van der Waals surface area contributed by atoms with Gasteiger partial charge in [0.2, 0.25) is 11.8 Å². The van der Waals surface area contributed by atoms with Gasteiger partial charge in [-0.25, -0.2) is 0 Å². The average Bonchev–Trinajstić information content (AvgIpc) is 2.78. The van der Waals surface area contributed by atoms with Crippen LogP contribution < -0.4 is 15.4 Å². The van der Waals surface area contributed by atoms with Crippen LogP contribution in [0, 0.1) is 11.8 Å². The Hall–Kier alpha value is -2.89. The molecule has 0 aliphatic heterocycles. The van der Waals surface area contributed by atoms with Crippen molar-refractivity contribution in [1.82, 2.24) is 15.6 Å². The number of amides is 2. The normalized spacial score (nSPS) is 18.7. The highest BCUT2D eigenvalue weighted by Crippen LogP contribution is 2.29. The van der Waals surface area contributed by atoms with E-state index < -0.39 is 0 Å². The van der Waals surface area contributed by atoms with Crippen molar-refractivity contribution >= 4 is 11.8 Å². The number of aromatic nitrogens is 1. The fourth-order valence-corrected chi connectivity index (χ4v) is 3.83. The number of nitrogens with zero attached hydrogens (tertiary/aromatic N) is 1. The van der Waals surface area contributed by atoms with Crippen LogP contribution in [-0.4, -0.2) is 30.5 Å². The molecule has 1 saturated carbocycles. The topological polar surface area (TPSA) is 80.3 Å². The van der Waals surface area contributed by atoms with E-state index in [2.05, 4.69) is 15.6 Å². The second-order valence-corrected chi connectivity index (χ2v) is 7.48. The number of para-hydroxylation sites is 1. The van der Waals surface area contributed by atoms with Gasteiger partial charge in [-0.3, -0.25) is 14.6 Å². The summed E-state index contributed by atoms with van der Waals surface area (Å²) in [5.41, 5.74) is 2.08. The molecule has 1 fully saturated rings. The Labute approximate surface area is 172 Å². The zero-order valence-electron chi connectivity index (χ0n) is 16.9. The molecular formula is C23H29N3O3. The Bertz CT molecular complexity index is 802. The molecule has 6 heteroatoms. The lowest BCUT2D eigenvalue weighted by molar-refractivity contribution is -0.130. The average molecular weight is 396 g/mol. The van der Waals surface area contributed by atoms with Crippen molar-refractivity contribution in [2.45, 2.75) is 38.6 Å². The standard InChI is InChI=1S/C23H29N3O3/c1-29-21-7-3-2-6-18(21)12-14-25-22(27)19-8-10-20(11-9-19)23(28)26-16-17-5-4-13-24-15-17/h2-7,13,15,19-20H,8-12,14,16H2,1H3,(H,25,27)(H,26,28). The summed E-state index contributed by atoms with van der Waals surface area (Å²) in [5.74, 6) is 0.997. The minimum Gasteiger partial charge on any atom is -0.496 e. The van der Waals surface area contributed by atoms with Crippen LogP contribution in [0.1, 0.15) is 36.8 Å². The maximum Gasteiger partial charge on any atom is 0.223 e. The van der Waals surface area contributed by atoms with E-state index in [1.807, 2.05) is 36.4 Å². The molecule has 2 amide bonds. The van der Waals surface area contributed by atoms with Crippen molar-refractivity contribution in [2.24, 2.45) is 11.8 Å². The Morgan fingerprint density at radius 3 is 2.34 bits per heavy atom. The maximum atomic E-state index is 12.5. The summed E-state index contributed by atoms with van der Waals surface area (Å²) in [6, 6.07) is 11.7. The lowest BCUT2D eigenvalue weighted by Crippen LogP contribution is -2.37. The first-order valence-corrected chi connectivity index (χ1v) is 10.2. The van der Waals surface area contributed by atoms with E-state index in [-0.39, 0.29) is 23.7 Å². The van der Waals surface area contributed by atoms with Gasteiger partial charge in [-0.05, 0) is 55.4 Å². The zero-order valence-corrected chi connectivity index (χ0v) is 16.9. The quantitative estimate of drug-likeness (QED) is 0.720. The van der Waals surface area contributed by atoms with Gasteiger partial charge < -0.3 is 15.4 Å². The predicted octanol–water partition coefficient (Wildman–Crippen LogP) is 2.87. The number of hydrogen-bond acceptors (Lipinski definition) is 4. The molecule has 2 N–H and O–H groups in total. The van der Waals surface area contributed by atoms with E-state index in [4.69, 9.17) is 4.74 Å². The third-order valence-electron chi connectivity index (χ3n) is 5.54. The van der Waals surface area contributed by atoms with Crippen LogP contribution in [0.4, 0.5) is 0 Å². The summed E-state index contributed by atoms with van der Waals surface area (Å²) < 4.78 is 5.35. The van der Waals surface area contributed by atoms with Crippen LogP contribution in [0.25, 0.3) is 0 Å². The number of carbonyl (C=O) groups is 2. The van der Waals surface area contributed by atoms with E-state index in [9.17, 15) is 9.59 Å². The van der Waals surface area contributed by atoms with Gasteiger partial charge in [0.15, 0.2) is 0 Å². The van der Waals surface area contributed by atoms with Gasteiger partial charge >= 0.3 is 0 Å². The molecule has 2 aromatic rings. The third kappa shape index (κ3) is 6.04. The van der Waals surface area contributed by atoms with Crippen molar-refractivity contribution in [2.75, 3.05) is 13.7 Å². The number of ether oxygens (including phenoxy) is 1. The molecule has 1 aromatic carbocycles.